The lowest BCUT2D eigenvalue weighted by Gasteiger charge is -2.58. The summed E-state index contributed by atoms with van der Waals surface area (Å²) in [7, 11) is -3.15. The Bertz CT molecular complexity index is 1100. The molecule has 4 aliphatic rings. The molecule has 3 unspecified atom stereocenters. The van der Waals surface area contributed by atoms with Crippen molar-refractivity contribution in [2.24, 2.45) is 17.8 Å². The lowest BCUT2D eigenvalue weighted by molar-refractivity contribution is -0.136. The summed E-state index contributed by atoms with van der Waals surface area (Å²) in [6, 6.07) is 5.61. The number of benzene rings is 1. The first-order valence-corrected chi connectivity index (χ1v) is 13.0. The molecule has 5 atom stereocenters. The molecule has 2 N–H and O–H groups in total. The molecule has 0 aliphatic heterocycles. The van der Waals surface area contributed by atoms with Crippen molar-refractivity contribution in [1.29, 1.82) is 0 Å². The van der Waals surface area contributed by atoms with Gasteiger partial charge in [-0.1, -0.05) is 0 Å². The highest BCUT2D eigenvalue weighted by Crippen LogP contribution is 2.55. The maximum absolute atomic E-state index is 13.0. The Morgan fingerprint density at radius 1 is 1.29 bits per heavy atom. The molecular weight excluding hydrogens is 418 g/mol. The van der Waals surface area contributed by atoms with Gasteiger partial charge in [0.25, 0.3) is 5.91 Å². The van der Waals surface area contributed by atoms with E-state index in [0.717, 1.165) is 49.4 Å². The number of fused-ring (bicyclic) bond motifs is 1. The number of nitrogens with zero attached hydrogens (tertiary/aromatic N) is 2. The maximum atomic E-state index is 13.0. The summed E-state index contributed by atoms with van der Waals surface area (Å²) in [5.41, 5.74) is 1.67. The molecule has 9 heteroatoms. The zero-order chi connectivity index (χ0) is 21.8. The van der Waals surface area contributed by atoms with Crippen molar-refractivity contribution in [2.45, 2.75) is 50.3 Å². The average Bonchev–Trinajstić information content (AvgIpc) is 3.08. The average molecular weight is 448 g/mol. The summed E-state index contributed by atoms with van der Waals surface area (Å²) in [5, 5.41) is 14.0. The quantitative estimate of drug-likeness (QED) is 0.626. The number of sulfone groups is 1. The van der Waals surface area contributed by atoms with E-state index in [1.807, 2.05) is 10.6 Å². The molecular formula is C22H29N3O5S. The van der Waals surface area contributed by atoms with E-state index in [9.17, 15) is 18.3 Å². The Kier molecular flexibility index (Phi) is 5.10. The van der Waals surface area contributed by atoms with Gasteiger partial charge in [0.15, 0.2) is 9.84 Å². The predicted octanol–water partition coefficient (Wildman–Crippen LogP) is 1.72. The number of carbonyl (C=O) groups excluding carboxylic acids is 1. The van der Waals surface area contributed by atoms with Gasteiger partial charge in [0.1, 0.15) is 5.94 Å². The lowest BCUT2D eigenvalue weighted by Crippen LogP contribution is -2.61. The van der Waals surface area contributed by atoms with Crippen LogP contribution in [0, 0.1) is 17.8 Å². The van der Waals surface area contributed by atoms with Crippen molar-refractivity contribution < 1.29 is 23.1 Å². The molecule has 168 valence electrons. The fourth-order valence-corrected chi connectivity index (χ4v) is 6.63. The molecule has 4 bridgehead atoms. The van der Waals surface area contributed by atoms with Gasteiger partial charge < -0.3 is 19.7 Å². The highest BCUT2D eigenvalue weighted by Gasteiger charge is 2.55. The second kappa shape index (κ2) is 7.56. The molecule has 0 saturated heterocycles. The Morgan fingerprint density at radius 3 is 2.71 bits per heavy atom. The number of nitrogens with one attached hydrogen (secondary N) is 1. The first kappa shape index (κ1) is 20.9. The van der Waals surface area contributed by atoms with E-state index in [1.54, 1.807) is 18.5 Å². The summed E-state index contributed by atoms with van der Waals surface area (Å²) in [6.45, 7) is 0.742. The molecule has 8 nitrogen and oxygen atoms in total. The monoisotopic (exact) mass is 447 g/mol. The normalized spacial score (nSPS) is 31.9. The van der Waals surface area contributed by atoms with Crippen LogP contribution in [0.3, 0.4) is 0 Å². The van der Waals surface area contributed by atoms with Crippen molar-refractivity contribution >= 4 is 26.8 Å². The fourth-order valence-electron chi connectivity index (χ4n) is 6.21. The smallest absolute Gasteiger partial charge is 0.251 e. The van der Waals surface area contributed by atoms with Crippen molar-refractivity contribution in [3.05, 3.63) is 30.1 Å². The van der Waals surface area contributed by atoms with Gasteiger partial charge >= 0.3 is 0 Å². The summed E-state index contributed by atoms with van der Waals surface area (Å²) in [6.07, 6.45) is 7.56. The summed E-state index contributed by atoms with van der Waals surface area (Å²) >= 11 is 0. The number of hydrogen-bond acceptors (Lipinski definition) is 6. The van der Waals surface area contributed by atoms with Crippen molar-refractivity contribution in [3.63, 3.8) is 0 Å². The van der Waals surface area contributed by atoms with E-state index >= 15 is 0 Å². The minimum atomic E-state index is -3.15. The van der Waals surface area contributed by atoms with Crippen LogP contribution in [0.4, 0.5) is 0 Å². The number of aromatic nitrogens is 2. The number of rotatable bonds is 7. The van der Waals surface area contributed by atoms with Gasteiger partial charge in [-0.2, -0.15) is 0 Å². The van der Waals surface area contributed by atoms with Crippen LogP contribution < -0.4 is 5.32 Å². The standard InChI is InChI=1S/C22H29N3O5S/c1-31(28,29)13-30-5-4-25-12-23-18-8-15(2-3-19(18)25)21(26)24-20-16-6-14-7-17(20)11-22(27,9-14)10-16/h2-3,8,12,14,16-17,20,27H,4-7,9-11,13H2,1H3,(H,24,26)/t14?,16-,17+,20?,22?. The van der Waals surface area contributed by atoms with Crippen LogP contribution >= 0.6 is 0 Å². The minimum Gasteiger partial charge on any atom is -0.390 e. The van der Waals surface area contributed by atoms with Crippen LogP contribution in [-0.4, -0.2) is 59.4 Å². The summed E-state index contributed by atoms with van der Waals surface area (Å²) in [5.74, 6) is 0.963. The van der Waals surface area contributed by atoms with Gasteiger partial charge in [-0.15, -0.1) is 0 Å². The molecule has 31 heavy (non-hydrogen) atoms. The minimum absolute atomic E-state index is 0.0857. The van der Waals surface area contributed by atoms with Crippen LogP contribution in [0.25, 0.3) is 11.0 Å². The van der Waals surface area contributed by atoms with Crippen LogP contribution in [0.1, 0.15) is 42.5 Å². The molecule has 1 aromatic carbocycles. The maximum Gasteiger partial charge on any atom is 0.251 e. The highest BCUT2D eigenvalue weighted by molar-refractivity contribution is 7.90. The van der Waals surface area contributed by atoms with E-state index in [0.29, 0.717) is 29.9 Å². The molecule has 1 amide bonds. The van der Waals surface area contributed by atoms with Gasteiger partial charge in [-0.05, 0) is 68.1 Å². The molecule has 6 rings (SSSR count). The number of ether oxygens (including phenoxy) is 1. The molecule has 1 aromatic heterocycles. The Balaban J connectivity index is 1.24. The Hall–Kier alpha value is -1.97. The molecule has 4 saturated carbocycles. The topological polar surface area (TPSA) is 111 Å². The van der Waals surface area contributed by atoms with Gasteiger partial charge in [-0.25, -0.2) is 13.4 Å². The van der Waals surface area contributed by atoms with E-state index in [1.165, 1.54) is 0 Å². The second-order valence-corrected chi connectivity index (χ2v) is 11.9. The summed E-state index contributed by atoms with van der Waals surface area (Å²) < 4.78 is 29.4. The van der Waals surface area contributed by atoms with Crippen molar-refractivity contribution in [3.8, 4) is 0 Å². The molecule has 4 fully saturated rings. The number of carbonyl (C=O) groups is 1. The molecule has 1 heterocycles. The fraction of sp³-hybridized carbons (Fsp3) is 0.636. The number of aliphatic hydroxyl groups is 1. The number of imidazole rings is 1. The van der Waals surface area contributed by atoms with E-state index in [4.69, 9.17) is 4.74 Å². The second-order valence-electron chi connectivity index (χ2n) is 9.79. The van der Waals surface area contributed by atoms with Crippen LogP contribution in [0.15, 0.2) is 24.5 Å². The van der Waals surface area contributed by atoms with Crippen molar-refractivity contribution in [2.75, 3.05) is 18.8 Å². The molecule has 2 aromatic rings. The number of amides is 1. The van der Waals surface area contributed by atoms with Crippen LogP contribution in [0.5, 0.6) is 0 Å². The lowest BCUT2D eigenvalue weighted by atomic mass is 9.52. The van der Waals surface area contributed by atoms with Gasteiger partial charge in [0, 0.05) is 24.4 Å². The van der Waals surface area contributed by atoms with Crippen LogP contribution in [0.2, 0.25) is 0 Å². The Morgan fingerprint density at radius 2 is 2.03 bits per heavy atom. The Labute approximate surface area is 181 Å². The predicted molar refractivity (Wildman–Crippen MR) is 115 cm³/mol. The highest BCUT2D eigenvalue weighted by atomic mass is 32.2. The molecule has 0 spiro atoms. The zero-order valence-corrected chi connectivity index (χ0v) is 18.5. The first-order chi connectivity index (χ1) is 14.7. The SMILES string of the molecule is CS(=O)(=O)COCCn1cnc2cc(C(=O)NC3[C@@H]4CC5C[C@H]3CC(O)(C5)C4)ccc21. The zero-order valence-electron chi connectivity index (χ0n) is 17.7. The van der Waals surface area contributed by atoms with Crippen LogP contribution in [-0.2, 0) is 21.1 Å². The van der Waals surface area contributed by atoms with E-state index in [2.05, 4.69) is 10.3 Å². The molecule has 4 aliphatic carbocycles. The van der Waals surface area contributed by atoms with E-state index in [-0.39, 0.29) is 24.5 Å². The third kappa shape index (κ3) is 4.23. The largest absolute Gasteiger partial charge is 0.390 e. The van der Waals surface area contributed by atoms with E-state index < -0.39 is 15.4 Å². The summed E-state index contributed by atoms with van der Waals surface area (Å²) in [4.78, 5) is 17.4. The third-order valence-corrected chi connectivity index (χ3v) is 7.79. The number of hydrogen-bond donors (Lipinski definition) is 2. The van der Waals surface area contributed by atoms with Gasteiger partial charge in [0.05, 0.1) is 29.6 Å². The molecule has 0 radical (unpaired) electrons. The van der Waals surface area contributed by atoms with Crippen molar-refractivity contribution in [1.82, 2.24) is 14.9 Å². The third-order valence-electron chi connectivity index (χ3n) is 7.20. The van der Waals surface area contributed by atoms with Gasteiger partial charge in [0.2, 0.25) is 0 Å². The first-order valence-electron chi connectivity index (χ1n) is 10.9. The van der Waals surface area contributed by atoms with Gasteiger partial charge in [-0.3, -0.25) is 4.79 Å².